The number of hydrogen-bond donors (Lipinski definition) is 0. The summed E-state index contributed by atoms with van der Waals surface area (Å²) in [4.78, 5) is 4.47. The van der Waals surface area contributed by atoms with Crippen molar-refractivity contribution in [3.63, 3.8) is 0 Å². The zero-order valence-electron chi connectivity index (χ0n) is 11.1. The number of rotatable bonds is 7. The Morgan fingerprint density at radius 3 is 2.44 bits per heavy atom. The molecular weight excluding hydrogens is 194 g/mol. The minimum absolute atomic E-state index is 1.15. The molecule has 0 radical (unpaired) electrons. The van der Waals surface area contributed by atoms with Crippen LogP contribution in [0.25, 0.3) is 0 Å². The largest absolute Gasteiger partial charge is 0.261 e. The van der Waals surface area contributed by atoms with Crippen LogP contribution in [-0.4, -0.2) is 4.98 Å². The first kappa shape index (κ1) is 13.2. The second-order valence-corrected chi connectivity index (χ2v) is 4.72. The molecule has 16 heavy (non-hydrogen) atoms. The van der Waals surface area contributed by atoms with Crippen molar-refractivity contribution >= 4 is 0 Å². The third-order valence-electron chi connectivity index (χ3n) is 3.35. The molecule has 90 valence electrons. The average Bonchev–Trinajstić information content (AvgIpc) is 2.29. The minimum atomic E-state index is 1.15. The molecule has 0 bridgehead atoms. The summed E-state index contributed by atoms with van der Waals surface area (Å²) in [5.74, 6) is 0. The van der Waals surface area contributed by atoms with Crippen molar-refractivity contribution in [2.24, 2.45) is 0 Å². The first-order valence-electron chi connectivity index (χ1n) is 6.66. The Labute approximate surface area is 100 Å². The Morgan fingerprint density at radius 2 is 1.69 bits per heavy atom. The van der Waals surface area contributed by atoms with Crippen LogP contribution in [0.2, 0.25) is 0 Å². The van der Waals surface area contributed by atoms with E-state index in [2.05, 4.69) is 31.8 Å². The second kappa shape index (κ2) is 7.43. The second-order valence-electron chi connectivity index (χ2n) is 4.72. The summed E-state index contributed by atoms with van der Waals surface area (Å²) in [6, 6.07) is 2.10. The summed E-state index contributed by atoms with van der Waals surface area (Å²) in [5.41, 5.74) is 4.06. The summed E-state index contributed by atoms with van der Waals surface area (Å²) in [6.45, 7) is 6.62. The summed E-state index contributed by atoms with van der Waals surface area (Å²) >= 11 is 0. The van der Waals surface area contributed by atoms with Gasteiger partial charge in [-0.15, -0.1) is 0 Å². The fourth-order valence-electron chi connectivity index (χ4n) is 2.01. The summed E-state index contributed by atoms with van der Waals surface area (Å²) in [5, 5.41) is 0. The van der Waals surface area contributed by atoms with E-state index in [1.54, 1.807) is 0 Å². The average molecular weight is 219 g/mol. The maximum Gasteiger partial charge on any atom is 0.0435 e. The molecule has 0 amide bonds. The highest BCUT2D eigenvalue weighted by Gasteiger charge is 2.01. The van der Waals surface area contributed by atoms with Crippen LogP contribution in [0, 0.1) is 13.8 Å². The zero-order chi connectivity index (χ0) is 11.8. The van der Waals surface area contributed by atoms with Crippen LogP contribution in [0.15, 0.2) is 12.3 Å². The first-order chi connectivity index (χ1) is 7.75. The predicted molar refractivity (Wildman–Crippen MR) is 70.8 cm³/mol. The molecule has 1 aromatic rings. The SMILES string of the molecule is CCCCCCCCc1nccc(C)c1C. The molecule has 1 rings (SSSR count). The van der Waals surface area contributed by atoms with Gasteiger partial charge in [0.1, 0.15) is 0 Å². The highest BCUT2D eigenvalue weighted by Crippen LogP contribution is 2.13. The van der Waals surface area contributed by atoms with Gasteiger partial charge < -0.3 is 0 Å². The fraction of sp³-hybridized carbons (Fsp3) is 0.667. The third-order valence-corrected chi connectivity index (χ3v) is 3.35. The minimum Gasteiger partial charge on any atom is -0.261 e. The number of aromatic nitrogens is 1. The molecular formula is C15H25N. The number of nitrogens with zero attached hydrogens (tertiary/aromatic N) is 1. The van der Waals surface area contributed by atoms with Crippen LogP contribution in [0.3, 0.4) is 0 Å². The topological polar surface area (TPSA) is 12.9 Å². The molecule has 0 fully saturated rings. The van der Waals surface area contributed by atoms with Crippen LogP contribution in [0.5, 0.6) is 0 Å². The van der Waals surface area contributed by atoms with Gasteiger partial charge in [0.15, 0.2) is 0 Å². The van der Waals surface area contributed by atoms with Gasteiger partial charge in [0.2, 0.25) is 0 Å². The van der Waals surface area contributed by atoms with Gasteiger partial charge in [0.25, 0.3) is 0 Å². The maximum absolute atomic E-state index is 4.47. The van der Waals surface area contributed by atoms with Gasteiger partial charge in [0.05, 0.1) is 0 Å². The quantitative estimate of drug-likeness (QED) is 0.611. The standard InChI is InChI=1S/C15H25N/c1-4-5-6-7-8-9-10-15-14(3)13(2)11-12-16-15/h11-12H,4-10H2,1-3H3. The Bertz CT molecular complexity index is 304. The Morgan fingerprint density at radius 1 is 1.00 bits per heavy atom. The van der Waals surface area contributed by atoms with Crippen LogP contribution < -0.4 is 0 Å². The van der Waals surface area contributed by atoms with E-state index in [9.17, 15) is 0 Å². The molecule has 1 heterocycles. The van der Waals surface area contributed by atoms with E-state index in [0.29, 0.717) is 0 Å². The van der Waals surface area contributed by atoms with E-state index >= 15 is 0 Å². The molecule has 0 N–H and O–H groups in total. The smallest absolute Gasteiger partial charge is 0.0435 e. The maximum atomic E-state index is 4.47. The van der Waals surface area contributed by atoms with Crippen molar-refractivity contribution < 1.29 is 0 Å². The molecule has 0 aliphatic carbocycles. The summed E-state index contributed by atoms with van der Waals surface area (Å²) in [7, 11) is 0. The molecule has 0 aromatic carbocycles. The van der Waals surface area contributed by atoms with E-state index < -0.39 is 0 Å². The lowest BCUT2D eigenvalue weighted by molar-refractivity contribution is 0.604. The Hall–Kier alpha value is -0.850. The van der Waals surface area contributed by atoms with Crippen molar-refractivity contribution in [1.82, 2.24) is 4.98 Å². The molecule has 1 heteroatoms. The Balaban J connectivity index is 2.24. The molecule has 0 unspecified atom stereocenters. The van der Waals surface area contributed by atoms with Crippen molar-refractivity contribution in [2.75, 3.05) is 0 Å². The Kier molecular flexibility index (Phi) is 6.14. The van der Waals surface area contributed by atoms with E-state index in [-0.39, 0.29) is 0 Å². The molecule has 0 aliphatic heterocycles. The third kappa shape index (κ3) is 4.34. The number of unbranched alkanes of at least 4 members (excludes halogenated alkanes) is 5. The molecule has 1 nitrogen and oxygen atoms in total. The number of aryl methyl sites for hydroxylation is 2. The molecule has 0 saturated heterocycles. The van der Waals surface area contributed by atoms with Gasteiger partial charge >= 0.3 is 0 Å². The summed E-state index contributed by atoms with van der Waals surface area (Å²) in [6.07, 6.45) is 11.3. The van der Waals surface area contributed by atoms with Crippen LogP contribution in [-0.2, 0) is 6.42 Å². The first-order valence-corrected chi connectivity index (χ1v) is 6.66. The van der Waals surface area contributed by atoms with Crippen molar-refractivity contribution in [3.05, 3.63) is 29.1 Å². The van der Waals surface area contributed by atoms with Crippen molar-refractivity contribution in [2.45, 2.75) is 65.7 Å². The lowest BCUT2D eigenvalue weighted by Gasteiger charge is -2.07. The van der Waals surface area contributed by atoms with Crippen LogP contribution in [0.1, 0.15) is 62.3 Å². The normalized spacial score (nSPS) is 10.7. The van der Waals surface area contributed by atoms with Gasteiger partial charge in [-0.1, -0.05) is 39.0 Å². The van der Waals surface area contributed by atoms with Crippen molar-refractivity contribution in [1.29, 1.82) is 0 Å². The van der Waals surface area contributed by atoms with Crippen molar-refractivity contribution in [3.8, 4) is 0 Å². The molecule has 0 saturated carbocycles. The van der Waals surface area contributed by atoms with Gasteiger partial charge in [-0.2, -0.15) is 0 Å². The predicted octanol–water partition coefficient (Wildman–Crippen LogP) is 4.60. The van der Waals surface area contributed by atoms with Crippen LogP contribution >= 0.6 is 0 Å². The molecule has 0 aliphatic rings. The van der Waals surface area contributed by atoms with Gasteiger partial charge in [-0.05, 0) is 43.9 Å². The lowest BCUT2D eigenvalue weighted by atomic mass is 10.0. The highest BCUT2D eigenvalue weighted by molar-refractivity contribution is 5.27. The molecule has 0 spiro atoms. The molecule has 0 atom stereocenters. The van der Waals surface area contributed by atoms with E-state index in [4.69, 9.17) is 0 Å². The number of pyridine rings is 1. The number of hydrogen-bond acceptors (Lipinski definition) is 1. The van der Waals surface area contributed by atoms with Gasteiger partial charge in [-0.25, -0.2) is 0 Å². The zero-order valence-corrected chi connectivity index (χ0v) is 11.1. The highest BCUT2D eigenvalue weighted by atomic mass is 14.7. The lowest BCUT2D eigenvalue weighted by Crippen LogP contribution is -1.96. The monoisotopic (exact) mass is 219 g/mol. The van der Waals surface area contributed by atoms with Gasteiger partial charge in [0, 0.05) is 11.9 Å². The van der Waals surface area contributed by atoms with E-state index in [0.717, 1.165) is 6.42 Å². The van der Waals surface area contributed by atoms with E-state index in [1.165, 1.54) is 55.3 Å². The van der Waals surface area contributed by atoms with Gasteiger partial charge in [-0.3, -0.25) is 4.98 Å². The summed E-state index contributed by atoms with van der Waals surface area (Å²) < 4.78 is 0. The fourth-order valence-corrected chi connectivity index (χ4v) is 2.01. The van der Waals surface area contributed by atoms with Crippen LogP contribution in [0.4, 0.5) is 0 Å². The molecule has 1 aromatic heterocycles. The van der Waals surface area contributed by atoms with E-state index in [1.807, 2.05) is 6.20 Å².